The van der Waals surface area contributed by atoms with Crippen LogP contribution in [0.15, 0.2) is 58.6 Å². The molecule has 3 aromatic heterocycles. The van der Waals surface area contributed by atoms with E-state index in [4.69, 9.17) is 4.42 Å². The average molecular weight is 484 g/mol. The summed E-state index contributed by atoms with van der Waals surface area (Å²) in [4.78, 5) is 30.1. The van der Waals surface area contributed by atoms with Gasteiger partial charge in [0, 0.05) is 61.4 Å². The molecule has 0 atom stereocenters. The fourth-order valence-corrected chi connectivity index (χ4v) is 4.78. The first-order valence-electron chi connectivity index (χ1n) is 11.9. The van der Waals surface area contributed by atoms with E-state index < -0.39 is 0 Å². The number of amides is 1. The second-order valence-corrected chi connectivity index (χ2v) is 9.11. The monoisotopic (exact) mass is 483 g/mol. The van der Waals surface area contributed by atoms with Crippen LogP contribution >= 0.6 is 0 Å². The molecule has 1 aliphatic carbocycles. The van der Waals surface area contributed by atoms with Gasteiger partial charge in [0.1, 0.15) is 0 Å². The van der Waals surface area contributed by atoms with Crippen molar-refractivity contribution < 1.29 is 14.4 Å². The van der Waals surface area contributed by atoms with E-state index >= 15 is 0 Å². The summed E-state index contributed by atoms with van der Waals surface area (Å²) in [7, 11) is 2.05. The number of benzene rings is 1. The molecule has 2 N–H and O–H groups in total. The van der Waals surface area contributed by atoms with E-state index in [-0.39, 0.29) is 5.91 Å². The summed E-state index contributed by atoms with van der Waals surface area (Å²) in [5, 5.41) is 16.9. The number of carbonyl (C=O) groups excluding carboxylic acids is 1. The third-order valence-corrected chi connectivity index (χ3v) is 6.82. The van der Waals surface area contributed by atoms with Crippen molar-refractivity contribution in [3.63, 3.8) is 0 Å². The van der Waals surface area contributed by atoms with Crippen molar-refractivity contribution >= 4 is 34.0 Å². The van der Waals surface area contributed by atoms with Crippen molar-refractivity contribution in [1.29, 1.82) is 0 Å². The van der Waals surface area contributed by atoms with Gasteiger partial charge >= 0.3 is 0 Å². The van der Waals surface area contributed by atoms with Crippen LogP contribution in [0.5, 0.6) is 0 Å². The van der Waals surface area contributed by atoms with Crippen molar-refractivity contribution in [3.05, 3.63) is 65.7 Å². The highest BCUT2D eigenvalue weighted by atomic mass is 16.4. The van der Waals surface area contributed by atoms with Crippen LogP contribution in [0.4, 0.5) is 11.4 Å². The summed E-state index contributed by atoms with van der Waals surface area (Å²) in [6, 6.07) is 7.83. The predicted molar refractivity (Wildman–Crippen MR) is 135 cm³/mol. The number of likely N-dealkylation sites (N-methyl/N-ethyl adjacent to an activating group) is 1. The molecule has 1 fully saturated rings. The van der Waals surface area contributed by atoms with Crippen molar-refractivity contribution in [2.45, 2.75) is 12.8 Å². The molecule has 1 saturated heterocycles. The maximum atomic E-state index is 12.9. The fourth-order valence-electron chi connectivity index (χ4n) is 4.78. The Morgan fingerprint density at radius 2 is 1.89 bits per heavy atom. The molecule has 36 heavy (non-hydrogen) atoms. The lowest BCUT2D eigenvalue weighted by molar-refractivity contribution is 0.0663. The second kappa shape index (κ2) is 9.04. The Morgan fingerprint density at radius 1 is 1.08 bits per heavy atom. The first-order chi connectivity index (χ1) is 17.6. The molecule has 0 spiro atoms. The van der Waals surface area contributed by atoms with E-state index in [0.29, 0.717) is 48.0 Å². The highest BCUT2D eigenvalue weighted by molar-refractivity contribution is 6.05. The van der Waals surface area contributed by atoms with Gasteiger partial charge in [-0.2, -0.15) is 0 Å². The number of pyridine rings is 1. The van der Waals surface area contributed by atoms with Gasteiger partial charge < -0.3 is 24.7 Å². The molecule has 6 rings (SSSR count). The Kier molecular flexibility index (Phi) is 5.57. The number of nitrogens with one attached hydrogen (secondary N) is 1. The Morgan fingerprint density at radius 3 is 2.67 bits per heavy atom. The van der Waals surface area contributed by atoms with Crippen LogP contribution in [0.1, 0.15) is 27.9 Å². The third-order valence-electron chi connectivity index (χ3n) is 6.82. The normalized spacial score (nSPS) is 17.0. The van der Waals surface area contributed by atoms with Gasteiger partial charge in [0.25, 0.3) is 5.91 Å². The lowest BCUT2D eigenvalue weighted by Gasteiger charge is -2.32. The molecule has 1 aromatic carbocycles. The summed E-state index contributed by atoms with van der Waals surface area (Å²) < 4.78 is 6.11. The van der Waals surface area contributed by atoms with Crippen LogP contribution in [0.2, 0.25) is 0 Å². The third kappa shape index (κ3) is 3.95. The summed E-state index contributed by atoms with van der Waals surface area (Å²) in [5.41, 5.74) is 5.44. The Labute approximate surface area is 207 Å². The van der Waals surface area contributed by atoms with Crippen LogP contribution < -0.4 is 5.32 Å². The van der Waals surface area contributed by atoms with Crippen molar-refractivity contribution in [2.24, 2.45) is 5.16 Å². The van der Waals surface area contributed by atoms with Crippen LogP contribution in [0.25, 0.3) is 22.6 Å². The van der Waals surface area contributed by atoms with Crippen LogP contribution in [0, 0.1) is 0 Å². The molecule has 2 aliphatic rings. The standard InChI is InChI=1S/C26H25N7O3/c1-32-8-10-33(11-9-32)26(34)17-13-28-25(29-14-17)24-23(20-6-7-27-15-22(20)36-24)30-18-3-4-19-16(12-18)2-5-21(19)31-35/h3-4,6-7,12-15,30,35H,2,5,8-11H2,1H3/b31-21+. The number of anilines is 2. The zero-order chi connectivity index (χ0) is 24.6. The first-order valence-corrected chi connectivity index (χ1v) is 11.9. The number of rotatable bonds is 4. The molecule has 4 heterocycles. The highest BCUT2D eigenvalue weighted by Crippen LogP contribution is 2.38. The summed E-state index contributed by atoms with van der Waals surface area (Å²) in [5.74, 6) is 0.778. The second-order valence-electron chi connectivity index (χ2n) is 9.11. The van der Waals surface area contributed by atoms with Gasteiger partial charge in [0.15, 0.2) is 17.2 Å². The molecule has 10 nitrogen and oxygen atoms in total. The molecule has 0 radical (unpaired) electrons. The fraction of sp³-hybridized carbons (Fsp3) is 0.269. The van der Waals surface area contributed by atoms with E-state index in [9.17, 15) is 10.0 Å². The number of carbonyl (C=O) groups is 1. The van der Waals surface area contributed by atoms with Crippen molar-refractivity contribution in [2.75, 3.05) is 38.5 Å². The van der Waals surface area contributed by atoms with E-state index in [1.165, 1.54) is 0 Å². The predicted octanol–water partition coefficient (Wildman–Crippen LogP) is 3.54. The largest absolute Gasteiger partial charge is 0.449 e. The molecule has 4 aromatic rings. The van der Waals surface area contributed by atoms with E-state index in [2.05, 4.69) is 43.4 Å². The topological polar surface area (TPSA) is 120 Å². The molecule has 0 saturated carbocycles. The van der Waals surface area contributed by atoms with Gasteiger partial charge in [-0.25, -0.2) is 9.97 Å². The SMILES string of the molecule is CN1CCN(C(=O)c2cnc(-c3oc4cnccc4c3Nc3ccc4c(c3)CC/C4=N\O)nc2)CC1. The Bertz CT molecular complexity index is 1470. The zero-order valence-corrected chi connectivity index (χ0v) is 19.8. The van der Waals surface area contributed by atoms with Gasteiger partial charge in [-0.3, -0.25) is 9.78 Å². The van der Waals surface area contributed by atoms with E-state index in [1.807, 2.05) is 23.1 Å². The highest BCUT2D eigenvalue weighted by Gasteiger charge is 2.24. The smallest absolute Gasteiger partial charge is 0.257 e. The van der Waals surface area contributed by atoms with Gasteiger partial charge in [-0.15, -0.1) is 0 Å². The van der Waals surface area contributed by atoms with Crippen molar-refractivity contribution in [1.82, 2.24) is 24.8 Å². The average Bonchev–Trinajstić information content (AvgIpc) is 3.50. The minimum atomic E-state index is -0.0641. The maximum absolute atomic E-state index is 12.9. The molecular weight excluding hydrogens is 458 g/mol. The summed E-state index contributed by atoms with van der Waals surface area (Å²) in [6.45, 7) is 3.08. The van der Waals surface area contributed by atoms with E-state index in [1.54, 1.807) is 24.8 Å². The van der Waals surface area contributed by atoms with Gasteiger partial charge in [-0.05, 0) is 43.7 Å². The molecule has 0 unspecified atom stereocenters. The maximum Gasteiger partial charge on any atom is 0.257 e. The molecule has 1 aliphatic heterocycles. The van der Waals surface area contributed by atoms with Crippen LogP contribution in [-0.2, 0) is 6.42 Å². The quantitative estimate of drug-likeness (QED) is 0.334. The van der Waals surface area contributed by atoms with Crippen LogP contribution in [-0.4, -0.2) is 74.8 Å². The first kappa shape index (κ1) is 22.2. The van der Waals surface area contributed by atoms with Gasteiger partial charge in [0.2, 0.25) is 0 Å². The summed E-state index contributed by atoms with van der Waals surface area (Å²) in [6.07, 6.45) is 8.01. The summed E-state index contributed by atoms with van der Waals surface area (Å²) >= 11 is 0. The van der Waals surface area contributed by atoms with Gasteiger partial charge in [0.05, 0.1) is 23.2 Å². The number of furan rings is 1. The number of oxime groups is 1. The number of aryl methyl sites for hydroxylation is 1. The van der Waals surface area contributed by atoms with Crippen molar-refractivity contribution in [3.8, 4) is 11.6 Å². The Hall–Kier alpha value is -4.31. The number of fused-ring (bicyclic) bond motifs is 2. The van der Waals surface area contributed by atoms with Gasteiger partial charge in [-0.1, -0.05) is 11.2 Å². The number of hydrogen-bond donors (Lipinski definition) is 2. The number of hydrogen-bond acceptors (Lipinski definition) is 9. The molecule has 182 valence electrons. The zero-order valence-electron chi connectivity index (χ0n) is 19.8. The number of nitrogens with zero attached hydrogens (tertiary/aromatic N) is 6. The Balaban J connectivity index is 1.32. The number of aromatic nitrogens is 3. The lowest BCUT2D eigenvalue weighted by atomic mass is 10.1. The molecule has 0 bridgehead atoms. The molecule has 10 heteroatoms. The number of piperazine rings is 1. The molecular formula is C26H25N7O3. The minimum absolute atomic E-state index is 0.0641. The van der Waals surface area contributed by atoms with Crippen LogP contribution in [0.3, 0.4) is 0 Å². The lowest BCUT2D eigenvalue weighted by Crippen LogP contribution is -2.47. The van der Waals surface area contributed by atoms with E-state index in [0.717, 1.165) is 47.4 Å². The molecule has 1 amide bonds. The minimum Gasteiger partial charge on any atom is -0.449 e.